The summed E-state index contributed by atoms with van der Waals surface area (Å²) in [5.74, 6) is 0. The summed E-state index contributed by atoms with van der Waals surface area (Å²) in [5, 5.41) is 2.37. The molecule has 88 heavy (non-hydrogen) atoms. The summed E-state index contributed by atoms with van der Waals surface area (Å²) >= 11 is 0. The average molecular weight is 1150 g/mol. The van der Waals surface area contributed by atoms with Gasteiger partial charge in [-0.15, -0.1) is 0 Å². The molecule has 0 bridgehead atoms. The van der Waals surface area contributed by atoms with Crippen molar-refractivity contribution < 1.29 is 0 Å². The van der Waals surface area contributed by atoms with E-state index in [1.54, 1.807) is 0 Å². The van der Waals surface area contributed by atoms with Crippen LogP contribution in [0.2, 0.25) is 0 Å². The van der Waals surface area contributed by atoms with E-state index in [0.717, 1.165) is 57.3 Å². The molecule has 0 saturated heterocycles. The maximum absolute atomic E-state index is 2.51. The van der Waals surface area contributed by atoms with E-state index >= 15 is 0 Å². The minimum absolute atomic E-state index is 0.0229. The predicted octanol–water partition coefficient (Wildman–Crippen LogP) is 24.0. The van der Waals surface area contributed by atoms with Gasteiger partial charge in [-0.25, -0.2) is 0 Å². The van der Waals surface area contributed by atoms with Crippen LogP contribution in [-0.2, 0) is 33.5 Å². The molecule has 1 aliphatic rings. The van der Waals surface area contributed by atoms with Crippen molar-refractivity contribution in [2.24, 2.45) is 0 Å². The van der Waals surface area contributed by atoms with Crippen molar-refractivity contribution in [3.8, 4) is 16.8 Å². The van der Waals surface area contributed by atoms with Crippen LogP contribution in [0.5, 0.6) is 0 Å². The molecule has 0 atom stereocenters. The maximum atomic E-state index is 2.51. The number of rotatable bonds is 14. The second kappa shape index (κ2) is 23.0. The third kappa shape index (κ3) is 11.2. The molecule has 0 amide bonds. The first-order chi connectivity index (χ1) is 41.9. The SMILES string of the molecule is CCCCCCc1ccc(C2(c3ccc(-n4c5ccc(N(c6ccc(C(C)(C)C)cc6)c6ccc(C(C)(C)C)cc6)cc5c5cc(N(c6ccc(C(C)(C)C)cc6)c6ccc(C(C)(C)C)cc6)ccc54)cc3)c3cc(C)ccc3-c3ccc(C)cc32)cc1. The Kier molecular flexibility index (Phi) is 15.6. The fourth-order valence-electron chi connectivity index (χ4n) is 13.8. The van der Waals surface area contributed by atoms with Crippen LogP contribution in [0.4, 0.5) is 34.1 Å². The molecular formula is C85H91N3. The number of nitrogens with zero attached hydrogens (tertiary/aromatic N) is 3. The van der Waals surface area contributed by atoms with Crippen molar-refractivity contribution in [1.82, 2.24) is 4.57 Å². The Morgan fingerprint density at radius 3 is 1.02 bits per heavy atom. The average Bonchev–Trinajstić information content (AvgIpc) is 1.56. The summed E-state index contributed by atoms with van der Waals surface area (Å²) in [5.41, 5.74) is 26.8. The highest BCUT2D eigenvalue weighted by Crippen LogP contribution is 2.57. The summed E-state index contributed by atoms with van der Waals surface area (Å²) < 4.78 is 2.51. The summed E-state index contributed by atoms with van der Waals surface area (Å²) in [6, 6.07) is 84.8. The molecule has 0 spiro atoms. The molecule has 1 aliphatic carbocycles. The van der Waals surface area contributed by atoms with E-state index in [1.165, 1.54) is 109 Å². The largest absolute Gasteiger partial charge is 0.310 e. The van der Waals surface area contributed by atoms with Gasteiger partial charge in [-0.1, -0.05) is 242 Å². The summed E-state index contributed by atoms with van der Waals surface area (Å²) in [7, 11) is 0. The molecule has 0 unspecified atom stereocenters. The highest BCUT2D eigenvalue weighted by molar-refractivity contribution is 6.12. The van der Waals surface area contributed by atoms with E-state index in [-0.39, 0.29) is 21.7 Å². The lowest BCUT2D eigenvalue weighted by Crippen LogP contribution is -2.29. The van der Waals surface area contributed by atoms with Crippen LogP contribution >= 0.6 is 0 Å². The summed E-state index contributed by atoms with van der Waals surface area (Å²) in [6.45, 7) is 34.3. The number of fused-ring (bicyclic) bond motifs is 6. The monoisotopic (exact) mass is 1150 g/mol. The van der Waals surface area contributed by atoms with Crippen LogP contribution in [0.15, 0.2) is 218 Å². The molecule has 0 saturated carbocycles. The van der Waals surface area contributed by atoms with Crippen LogP contribution in [0.3, 0.4) is 0 Å². The van der Waals surface area contributed by atoms with Crippen LogP contribution in [0.1, 0.15) is 177 Å². The highest BCUT2D eigenvalue weighted by atomic mass is 15.2. The van der Waals surface area contributed by atoms with Gasteiger partial charge in [0.2, 0.25) is 0 Å². The molecule has 11 aromatic rings. The molecule has 3 heteroatoms. The molecule has 3 nitrogen and oxygen atoms in total. The first-order valence-corrected chi connectivity index (χ1v) is 32.5. The molecule has 1 heterocycles. The summed E-state index contributed by atoms with van der Waals surface area (Å²) in [6.07, 6.45) is 6.14. The number of anilines is 6. The van der Waals surface area contributed by atoms with E-state index in [1.807, 2.05) is 0 Å². The van der Waals surface area contributed by atoms with E-state index in [4.69, 9.17) is 0 Å². The zero-order valence-corrected chi connectivity index (χ0v) is 55.2. The van der Waals surface area contributed by atoms with Gasteiger partial charge in [0.15, 0.2) is 0 Å². The molecule has 1 aromatic heterocycles. The minimum Gasteiger partial charge on any atom is -0.310 e. The van der Waals surface area contributed by atoms with Gasteiger partial charge in [-0.3, -0.25) is 0 Å². The van der Waals surface area contributed by atoms with Gasteiger partial charge >= 0.3 is 0 Å². The quantitative estimate of drug-likeness (QED) is 0.101. The molecule has 0 aliphatic heterocycles. The van der Waals surface area contributed by atoms with Gasteiger partial charge in [0.25, 0.3) is 0 Å². The fourth-order valence-corrected chi connectivity index (χ4v) is 13.8. The Bertz CT molecular complexity index is 3960. The van der Waals surface area contributed by atoms with Crippen molar-refractivity contribution in [1.29, 1.82) is 0 Å². The Balaban J connectivity index is 1.08. The Hall–Kier alpha value is -8.40. The van der Waals surface area contributed by atoms with Crippen molar-refractivity contribution in [2.45, 2.75) is 163 Å². The number of benzene rings is 10. The van der Waals surface area contributed by atoms with Crippen molar-refractivity contribution in [3.63, 3.8) is 0 Å². The zero-order valence-electron chi connectivity index (χ0n) is 55.2. The number of aromatic nitrogens is 1. The Morgan fingerprint density at radius 1 is 0.341 bits per heavy atom. The first-order valence-electron chi connectivity index (χ1n) is 32.5. The van der Waals surface area contributed by atoms with Crippen LogP contribution in [0, 0.1) is 13.8 Å². The summed E-state index contributed by atoms with van der Waals surface area (Å²) in [4.78, 5) is 4.89. The van der Waals surface area contributed by atoms with Gasteiger partial charge in [-0.2, -0.15) is 0 Å². The lowest BCUT2D eigenvalue weighted by atomic mass is 9.67. The number of hydrogen-bond donors (Lipinski definition) is 0. The van der Waals surface area contributed by atoms with E-state index in [9.17, 15) is 0 Å². The van der Waals surface area contributed by atoms with Gasteiger partial charge in [0.05, 0.1) is 16.4 Å². The fraction of sp³-hybridized carbons (Fsp3) is 0.294. The standard InChI is InChI=1S/C85H91N3/c1-16-17-18-19-20-59-23-25-64(26-24-59)85(77-53-57(2)21-49-73(77)74-50-22-58(3)54-78(74)85)65-35-45-70(46-36-65)88-79-51-47-71(86(66-37-27-60(28-38-66)81(4,5)6)67-39-29-61(30-40-67)82(7,8)9)55-75(79)76-56-72(48-52-80(76)88)87(68-41-31-62(32-42-68)83(10,11)12)69-43-33-63(34-44-69)84(13,14)15/h21-56H,16-20H2,1-15H3. The lowest BCUT2D eigenvalue weighted by Gasteiger charge is -2.34. The Labute approximate surface area is 526 Å². The van der Waals surface area contributed by atoms with Crippen molar-refractivity contribution in [2.75, 3.05) is 9.80 Å². The van der Waals surface area contributed by atoms with E-state index < -0.39 is 5.41 Å². The molecule has 0 radical (unpaired) electrons. The topological polar surface area (TPSA) is 11.4 Å². The number of unbranched alkanes of at least 4 members (excludes halogenated alkanes) is 3. The number of aryl methyl sites for hydroxylation is 3. The third-order valence-corrected chi connectivity index (χ3v) is 18.9. The molecule has 12 rings (SSSR count). The minimum atomic E-state index is -0.522. The predicted molar refractivity (Wildman–Crippen MR) is 380 cm³/mol. The van der Waals surface area contributed by atoms with Crippen molar-refractivity contribution in [3.05, 3.63) is 280 Å². The molecule has 0 N–H and O–H groups in total. The molecule has 446 valence electrons. The van der Waals surface area contributed by atoms with Gasteiger partial charge in [-0.05, 0) is 207 Å². The van der Waals surface area contributed by atoms with Gasteiger partial charge < -0.3 is 14.4 Å². The van der Waals surface area contributed by atoms with E-state index in [0.29, 0.717) is 0 Å². The van der Waals surface area contributed by atoms with Gasteiger partial charge in [0.1, 0.15) is 0 Å². The second-order valence-corrected chi connectivity index (χ2v) is 29.5. The molecule has 0 fully saturated rings. The first kappa shape index (κ1) is 59.9. The molecular weight excluding hydrogens is 1060 g/mol. The number of hydrogen-bond acceptors (Lipinski definition) is 2. The highest BCUT2D eigenvalue weighted by Gasteiger charge is 2.46. The van der Waals surface area contributed by atoms with E-state index in [2.05, 4.69) is 337 Å². The third-order valence-electron chi connectivity index (χ3n) is 18.9. The van der Waals surface area contributed by atoms with Crippen LogP contribution in [0.25, 0.3) is 38.6 Å². The van der Waals surface area contributed by atoms with Crippen LogP contribution < -0.4 is 9.80 Å². The second-order valence-electron chi connectivity index (χ2n) is 29.5. The maximum Gasteiger partial charge on any atom is 0.0713 e. The molecule has 10 aromatic carbocycles. The lowest BCUT2D eigenvalue weighted by molar-refractivity contribution is 0.590. The van der Waals surface area contributed by atoms with Gasteiger partial charge in [0, 0.05) is 50.6 Å². The Morgan fingerprint density at radius 2 is 0.682 bits per heavy atom. The zero-order chi connectivity index (χ0) is 62.1. The normalized spacial score (nSPS) is 13.3. The smallest absolute Gasteiger partial charge is 0.0713 e. The van der Waals surface area contributed by atoms with Crippen molar-refractivity contribution >= 4 is 55.9 Å². The van der Waals surface area contributed by atoms with Crippen LogP contribution in [-0.4, -0.2) is 4.57 Å².